The maximum absolute atomic E-state index is 6.09. The van der Waals surface area contributed by atoms with Crippen LogP contribution in [0.2, 0.25) is 0 Å². The molecule has 0 aliphatic rings. The molecule has 1 aromatic rings. The van der Waals surface area contributed by atoms with Crippen LogP contribution in [0.1, 0.15) is 32.6 Å². The van der Waals surface area contributed by atoms with Gasteiger partial charge in [0.05, 0.1) is 6.04 Å². The van der Waals surface area contributed by atoms with Crippen molar-refractivity contribution >= 4 is 5.95 Å². The van der Waals surface area contributed by atoms with E-state index in [1.807, 2.05) is 18.7 Å². The Morgan fingerprint density at radius 3 is 2.29 bits per heavy atom. The van der Waals surface area contributed by atoms with Crippen molar-refractivity contribution in [1.82, 2.24) is 14.8 Å². The number of anilines is 1. The summed E-state index contributed by atoms with van der Waals surface area (Å²) in [5, 5.41) is 11.0. The Labute approximate surface area is 84.7 Å². The second-order valence-corrected chi connectivity index (χ2v) is 4.53. The molecule has 0 saturated heterocycles. The quantitative estimate of drug-likeness (QED) is 0.739. The molecule has 0 aliphatic carbocycles. The first-order valence-electron chi connectivity index (χ1n) is 4.70. The van der Waals surface area contributed by atoms with E-state index in [-0.39, 0.29) is 11.5 Å². The van der Waals surface area contributed by atoms with Gasteiger partial charge in [-0.15, -0.1) is 10.2 Å². The van der Waals surface area contributed by atoms with E-state index in [0.29, 0.717) is 0 Å². The number of nitrogens with two attached hydrogens (primary N) is 1. The molecule has 1 heterocycles. The Morgan fingerprint density at radius 2 is 1.93 bits per heavy atom. The predicted molar refractivity (Wildman–Crippen MR) is 56.9 cm³/mol. The first-order valence-corrected chi connectivity index (χ1v) is 4.70. The van der Waals surface area contributed by atoms with Crippen LogP contribution in [0.4, 0.5) is 5.95 Å². The van der Waals surface area contributed by atoms with Crippen molar-refractivity contribution in [3.63, 3.8) is 0 Å². The fraction of sp³-hybridized carbons (Fsp3) is 0.778. The lowest BCUT2D eigenvalue weighted by atomic mass is 9.87. The molecular formula is C9H19N5. The number of hydrogen-bond donors (Lipinski definition) is 2. The lowest BCUT2D eigenvalue weighted by Gasteiger charge is -2.25. The number of aromatic nitrogens is 3. The van der Waals surface area contributed by atoms with E-state index in [1.165, 1.54) is 0 Å². The molecule has 5 nitrogen and oxygen atoms in total. The van der Waals surface area contributed by atoms with Crippen LogP contribution in [-0.4, -0.2) is 21.8 Å². The van der Waals surface area contributed by atoms with Crippen LogP contribution in [0.5, 0.6) is 0 Å². The maximum atomic E-state index is 6.09. The molecule has 3 N–H and O–H groups in total. The number of nitrogens with zero attached hydrogens (tertiary/aromatic N) is 3. The summed E-state index contributed by atoms with van der Waals surface area (Å²) >= 11 is 0. The van der Waals surface area contributed by atoms with Gasteiger partial charge in [-0.25, -0.2) is 0 Å². The van der Waals surface area contributed by atoms with E-state index < -0.39 is 0 Å². The Bertz CT molecular complexity index is 309. The molecule has 5 heteroatoms. The van der Waals surface area contributed by atoms with Crippen LogP contribution < -0.4 is 11.1 Å². The van der Waals surface area contributed by atoms with Crippen molar-refractivity contribution in [3.8, 4) is 0 Å². The van der Waals surface area contributed by atoms with Crippen molar-refractivity contribution in [2.45, 2.75) is 26.8 Å². The monoisotopic (exact) mass is 197 g/mol. The van der Waals surface area contributed by atoms with Gasteiger partial charge in [-0.2, -0.15) is 0 Å². The summed E-state index contributed by atoms with van der Waals surface area (Å²) in [6.07, 6.45) is 0. The highest BCUT2D eigenvalue weighted by atomic mass is 15.3. The topological polar surface area (TPSA) is 68.8 Å². The van der Waals surface area contributed by atoms with Crippen molar-refractivity contribution < 1.29 is 0 Å². The van der Waals surface area contributed by atoms with Crippen LogP contribution in [0.25, 0.3) is 0 Å². The minimum absolute atomic E-state index is 0.00813. The van der Waals surface area contributed by atoms with Crippen LogP contribution in [0, 0.1) is 5.41 Å². The average Bonchev–Trinajstić information content (AvgIpc) is 2.43. The highest BCUT2D eigenvalue weighted by Gasteiger charge is 2.27. The molecule has 1 atom stereocenters. The van der Waals surface area contributed by atoms with Gasteiger partial charge in [0.2, 0.25) is 5.95 Å². The summed E-state index contributed by atoms with van der Waals surface area (Å²) in [4.78, 5) is 0. The lowest BCUT2D eigenvalue weighted by Crippen LogP contribution is -2.29. The Hall–Kier alpha value is -1.10. The molecule has 0 amide bonds. The second kappa shape index (κ2) is 3.57. The van der Waals surface area contributed by atoms with Crippen molar-refractivity contribution in [2.75, 3.05) is 12.4 Å². The molecule has 80 valence electrons. The third kappa shape index (κ3) is 1.87. The largest absolute Gasteiger partial charge is 0.357 e. The van der Waals surface area contributed by atoms with Crippen LogP contribution in [-0.2, 0) is 7.05 Å². The molecule has 0 unspecified atom stereocenters. The molecule has 0 aliphatic heterocycles. The molecule has 1 rings (SSSR count). The number of rotatable bonds is 2. The summed E-state index contributed by atoms with van der Waals surface area (Å²) in [6.45, 7) is 6.27. The summed E-state index contributed by atoms with van der Waals surface area (Å²) in [5.74, 6) is 1.54. The SMILES string of the molecule is CNc1nnc([C@@H](N)C(C)(C)C)n1C. The molecule has 0 aromatic carbocycles. The fourth-order valence-corrected chi connectivity index (χ4v) is 1.22. The molecule has 0 saturated carbocycles. The first-order chi connectivity index (χ1) is 6.38. The normalized spacial score (nSPS) is 14.1. The van der Waals surface area contributed by atoms with E-state index >= 15 is 0 Å². The van der Waals surface area contributed by atoms with E-state index in [0.717, 1.165) is 11.8 Å². The standard InChI is InChI=1S/C9H19N5/c1-9(2,3)6(10)7-12-13-8(11-4)14(7)5/h6H,10H2,1-5H3,(H,11,13)/t6-/m1/s1. The van der Waals surface area contributed by atoms with Gasteiger partial charge in [-0.05, 0) is 5.41 Å². The smallest absolute Gasteiger partial charge is 0.224 e. The second-order valence-electron chi connectivity index (χ2n) is 4.53. The van der Waals surface area contributed by atoms with Gasteiger partial charge in [-0.1, -0.05) is 20.8 Å². The van der Waals surface area contributed by atoms with E-state index in [4.69, 9.17) is 5.73 Å². The van der Waals surface area contributed by atoms with Gasteiger partial charge >= 0.3 is 0 Å². The van der Waals surface area contributed by atoms with Crippen LogP contribution in [0.15, 0.2) is 0 Å². The zero-order chi connectivity index (χ0) is 10.9. The zero-order valence-electron chi connectivity index (χ0n) is 9.50. The number of hydrogen-bond acceptors (Lipinski definition) is 4. The summed E-state index contributed by atoms with van der Waals surface area (Å²) in [5.41, 5.74) is 6.08. The van der Waals surface area contributed by atoms with E-state index in [1.54, 1.807) is 0 Å². The zero-order valence-corrected chi connectivity index (χ0v) is 9.50. The molecule has 0 bridgehead atoms. The Kier molecular flexibility index (Phi) is 2.80. The molecule has 1 aromatic heterocycles. The molecular weight excluding hydrogens is 178 g/mol. The summed E-state index contributed by atoms with van der Waals surface area (Å²) < 4.78 is 1.88. The summed E-state index contributed by atoms with van der Waals surface area (Å²) in [7, 11) is 3.73. The summed E-state index contributed by atoms with van der Waals surface area (Å²) in [6, 6.07) is -0.109. The minimum atomic E-state index is -0.109. The minimum Gasteiger partial charge on any atom is -0.357 e. The van der Waals surface area contributed by atoms with Gasteiger partial charge in [0.15, 0.2) is 5.82 Å². The highest BCUT2D eigenvalue weighted by Crippen LogP contribution is 2.29. The average molecular weight is 197 g/mol. The molecule has 0 radical (unpaired) electrons. The maximum Gasteiger partial charge on any atom is 0.224 e. The molecule has 0 fully saturated rings. The first kappa shape index (κ1) is 11.0. The Morgan fingerprint density at radius 1 is 1.36 bits per heavy atom. The van der Waals surface area contributed by atoms with Gasteiger partial charge in [0, 0.05) is 14.1 Å². The number of nitrogens with one attached hydrogen (secondary N) is 1. The predicted octanol–water partition coefficient (Wildman–Crippen LogP) is 0.903. The molecule has 0 spiro atoms. The van der Waals surface area contributed by atoms with Crippen molar-refractivity contribution in [1.29, 1.82) is 0 Å². The van der Waals surface area contributed by atoms with Crippen molar-refractivity contribution in [2.24, 2.45) is 18.2 Å². The van der Waals surface area contributed by atoms with Gasteiger partial charge < -0.3 is 11.1 Å². The highest BCUT2D eigenvalue weighted by molar-refractivity contribution is 5.25. The third-order valence-corrected chi connectivity index (χ3v) is 2.34. The fourth-order valence-electron chi connectivity index (χ4n) is 1.22. The van der Waals surface area contributed by atoms with Gasteiger partial charge in [0.25, 0.3) is 0 Å². The van der Waals surface area contributed by atoms with Gasteiger partial charge in [0.1, 0.15) is 0 Å². The van der Waals surface area contributed by atoms with Crippen LogP contribution >= 0.6 is 0 Å². The van der Waals surface area contributed by atoms with Gasteiger partial charge in [-0.3, -0.25) is 4.57 Å². The molecule has 14 heavy (non-hydrogen) atoms. The van der Waals surface area contributed by atoms with Crippen molar-refractivity contribution in [3.05, 3.63) is 5.82 Å². The van der Waals surface area contributed by atoms with E-state index in [2.05, 4.69) is 36.3 Å². The Balaban J connectivity index is 3.02. The van der Waals surface area contributed by atoms with Crippen LogP contribution in [0.3, 0.4) is 0 Å². The van der Waals surface area contributed by atoms with E-state index in [9.17, 15) is 0 Å². The third-order valence-electron chi connectivity index (χ3n) is 2.34. The lowest BCUT2D eigenvalue weighted by molar-refractivity contribution is 0.310.